The minimum atomic E-state index is -0.223. The first-order chi connectivity index (χ1) is 12.2. The molecular formula is C21H18N2O2. The van der Waals surface area contributed by atoms with Crippen LogP contribution in [-0.2, 0) is 0 Å². The predicted molar refractivity (Wildman–Crippen MR) is 99.5 cm³/mol. The summed E-state index contributed by atoms with van der Waals surface area (Å²) in [5.74, 6) is -0.133. The highest BCUT2D eigenvalue weighted by Gasteiger charge is 2.20. The smallest absolute Gasteiger partial charge is 0.270 e. The zero-order valence-corrected chi connectivity index (χ0v) is 13.7. The summed E-state index contributed by atoms with van der Waals surface area (Å²) in [5.41, 5.74) is 2.59. The van der Waals surface area contributed by atoms with Crippen LogP contribution in [0.2, 0.25) is 0 Å². The van der Waals surface area contributed by atoms with Gasteiger partial charge in [0.05, 0.1) is 0 Å². The van der Waals surface area contributed by atoms with Crippen molar-refractivity contribution in [3.8, 4) is 0 Å². The maximum atomic E-state index is 12.8. The molecular weight excluding hydrogens is 312 g/mol. The van der Waals surface area contributed by atoms with E-state index in [0.717, 1.165) is 11.8 Å². The summed E-state index contributed by atoms with van der Waals surface area (Å²) in [7, 11) is 0. The zero-order chi connectivity index (χ0) is 17.2. The number of amides is 1. The third-order valence-electron chi connectivity index (χ3n) is 4.62. The maximum Gasteiger partial charge on any atom is 0.270 e. The molecule has 3 aromatic rings. The van der Waals surface area contributed by atoms with Gasteiger partial charge in [0.15, 0.2) is 0 Å². The second-order valence-electron chi connectivity index (χ2n) is 6.20. The predicted octanol–water partition coefficient (Wildman–Crippen LogP) is 3.46. The van der Waals surface area contributed by atoms with Crippen LogP contribution in [0.15, 0.2) is 71.5 Å². The van der Waals surface area contributed by atoms with Crippen LogP contribution in [0.25, 0.3) is 16.3 Å². The first-order valence-electron chi connectivity index (χ1n) is 8.38. The molecule has 0 aliphatic carbocycles. The molecule has 124 valence electrons. The van der Waals surface area contributed by atoms with Gasteiger partial charge in [0, 0.05) is 18.5 Å². The standard InChI is InChI=1S/C21H18N2O2/c24-20-18-9-5-4-8-17(18)14-19(22-20)21(25)23-12-10-16(11-13-23)15-6-2-1-3-7-15/h1-10,14H,11-13H2,(H,22,24). The van der Waals surface area contributed by atoms with E-state index in [0.29, 0.717) is 24.2 Å². The summed E-state index contributed by atoms with van der Waals surface area (Å²) in [4.78, 5) is 29.4. The SMILES string of the molecule is O=C(c1cc2ccccc2c(=O)[nH]1)N1CC=C(c2ccccc2)CC1. The van der Waals surface area contributed by atoms with E-state index in [4.69, 9.17) is 0 Å². The number of fused-ring (bicyclic) bond motifs is 1. The van der Waals surface area contributed by atoms with E-state index in [2.05, 4.69) is 23.2 Å². The van der Waals surface area contributed by atoms with E-state index in [1.54, 1.807) is 17.0 Å². The lowest BCUT2D eigenvalue weighted by atomic mass is 9.99. The van der Waals surface area contributed by atoms with E-state index >= 15 is 0 Å². The largest absolute Gasteiger partial charge is 0.333 e. The van der Waals surface area contributed by atoms with Gasteiger partial charge in [0.1, 0.15) is 5.69 Å². The molecule has 4 nitrogen and oxygen atoms in total. The Morgan fingerprint density at radius 2 is 1.76 bits per heavy atom. The minimum absolute atomic E-state index is 0.133. The fraction of sp³-hybridized carbons (Fsp3) is 0.143. The van der Waals surface area contributed by atoms with E-state index in [-0.39, 0.29) is 11.5 Å². The average Bonchev–Trinajstić information content (AvgIpc) is 2.68. The van der Waals surface area contributed by atoms with Crippen LogP contribution in [0.3, 0.4) is 0 Å². The molecule has 2 aromatic carbocycles. The molecule has 1 aromatic heterocycles. The van der Waals surface area contributed by atoms with Gasteiger partial charge in [-0.2, -0.15) is 0 Å². The van der Waals surface area contributed by atoms with Gasteiger partial charge in [-0.05, 0) is 35.1 Å². The van der Waals surface area contributed by atoms with E-state index < -0.39 is 0 Å². The van der Waals surface area contributed by atoms with Crippen LogP contribution in [0.5, 0.6) is 0 Å². The van der Waals surface area contributed by atoms with Gasteiger partial charge in [-0.1, -0.05) is 54.6 Å². The molecule has 2 heterocycles. The topological polar surface area (TPSA) is 53.2 Å². The Morgan fingerprint density at radius 1 is 1.00 bits per heavy atom. The molecule has 1 aliphatic rings. The number of carbonyl (C=O) groups excluding carboxylic acids is 1. The summed E-state index contributed by atoms with van der Waals surface area (Å²) in [6.45, 7) is 1.20. The van der Waals surface area contributed by atoms with Crippen molar-refractivity contribution in [2.75, 3.05) is 13.1 Å². The Hall–Kier alpha value is -3.14. The van der Waals surface area contributed by atoms with Crippen LogP contribution in [0.4, 0.5) is 0 Å². The molecule has 0 saturated carbocycles. The molecule has 0 spiro atoms. The number of H-pyrrole nitrogens is 1. The van der Waals surface area contributed by atoms with Crippen LogP contribution in [-0.4, -0.2) is 28.9 Å². The van der Waals surface area contributed by atoms with E-state index in [9.17, 15) is 9.59 Å². The maximum absolute atomic E-state index is 12.8. The van der Waals surface area contributed by atoms with Crippen molar-refractivity contribution in [3.05, 3.63) is 88.4 Å². The molecule has 0 saturated heterocycles. The summed E-state index contributed by atoms with van der Waals surface area (Å²) in [6.07, 6.45) is 2.91. The minimum Gasteiger partial charge on any atom is -0.333 e. The molecule has 0 radical (unpaired) electrons. The number of nitrogens with one attached hydrogen (secondary N) is 1. The first kappa shape index (κ1) is 15.4. The number of hydrogen-bond donors (Lipinski definition) is 1. The third-order valence-corrected chi connectivity index (χ3v) is 4.62. The molecule has 4 heteroatoms. The highest BCUT2D eigenvalue weighted by Crippen LogP contribution is 2.23. The van der Waals surface area contributed by atoms with E-state index in [1.807, 2.05) is 36.4 Å². The highest BCUT2D eigenvalue weighted by molar-refractivity contribution is 5.96. The van der Waals surface area contributed by atoms with Crippen LogP contribution < -0.4 is 5.56 Å². The molecule has 0 bridgehead atoms. The first-order valence-corrected chi connectivity index (χ1v) is 8.38. The Balaban J connectivity index is 1.58. The van der Waals surface area contributed by atoms with Crippen molar-refractivity contribution >= 4 is 22.3 Å². The second kappa shape index (κ2) is 6.40. The van der Waals surface area contributed by atoms with Crippen molar-refractivity contribution in [3.63, 3.8) is 0 Å². The summed E-state index contributed by atoms with van der Waals surface area (Å²) in [6, 6.07) is 19.3. The van der Waals surface area contributed by atoms with Crippen LogP contribution in [0, 0.1) is 0 Å². The van der Waals surface area contributed by atoms with Crippen molar-refractivity contribution < 1.29 is 4.79 Å². The number of hydrogen-bond acceptors (Lipinski definition) is 2. The fourth-order valence-corrected chi connectivity index (χ4v) is 3.26. The molecule has 25 heavy (non-hydrogen) atoms. The van der Waals surface area contributed by atoms with Gasteiger partial charge >= 0.3 is 0 Å². The number of rotatable bonds is 2. The number of carbonyl (C=O) groups is 1. The molecule has 4 rings (SSSR count). The van der Waals surface area contributed by atoms with Gasteiger partial charge < -0.3 is 9.88 Å². The average molecular weight is 330 g/mol. The van der Waals surface area contributed by atoms with Crippen molar-refractivity contribution in [1.82, 2.24) is 9.88 Å². The fourth-order valence-electron chi connectivity index (χ4n) is 3.26. The number of aromatic nitrogens is 1. The second-order valence-corrected chi connectivity index (χ2v) is 6.20. The lowest BCUT2D eigenvalue weighted by molar-refractivity contribution is 0.0767. The highest BCUT2D eigenvalue weighted by atomic mass is 16.2. The van der Waals surface area contributed by atoms with Gasteiger partial charge in [-0.3, -0.25) is 9.59 Å². The number of aromatic amines is 1. The normalized spacial score (nSPS) is 14.4. The quantitative estimate of drug-likeness (QED) is 0.782. The van der Waals surface area contributed by atoms with Crippen molar-refractivity contribution in [2.24, 2.45) is 0 Å². The Bertz CT molecular complexity index is 1020. The number of nitrogens with zero attached hydrogens (tertiary/aromatic N) is 1. The summed E-state index contributed by atoms with van der Waals surface area (Å²) in [5, 5.41) is 1.39. The Morgan fingerprint density at radius 3 is 2.52 bits per heavy atom. The lowest BCUT2D eigenvalue weighted by Gasteiger charge is -2.26. The molecule has 1 aliphatic heterocycles. The van der Waals surface area contributed by atoms with Gasteiger partial charge in [-0.25, -0.2) is 0 Å². The molecule has 1 amide bonds. The van der Waals surface area contributed by atoms with Crippen molar-refractivity contribution in [1.29, 1.82) is 0 Å². The van der Waals surface area contributed by atoms with Gasteiger partial charge in [-0.15, -0.1) is 0 Å². The molecule has 0 fully saturated rings. The third kappa shape index (κ3) is 2.98. The van der Waals surface area contributed by atoms with E-state index in [1.165, 1.54) is 11.1 Å². The molecule has 1 N–H and O–H groups in total. The molecule has 0 unspecified atom stereocenters. The molecule has 0 atom stereocenters. The lowest BCUT2D eigenvalue weighted by Crippen LogP contribution is -2.36. The number of benzene rings is 2. The summed E-state index contributed by atoms with van der Waals surface area (Å²) >= 11 is 0. The van der Waals surface area contributed by atoms with Crippen LogP contribution >= 0.6 is 0 Å². The van der Waals surface area contributed by atoms with Gasteiger partial charge in [0.2, 0.25) is 0 Å². The summed E-state index contributed by atoms with van der Waals surface area (Å²) < 4.78 is 0. The monoisotopic (exact) mass is 330 g/mol. The zero-order valence-electron chi connectivity index (χ0n) is 13.7. The number of pyridine rings is 1. The Kier molecular flexibility index (Phi) is 3.94. The van der Waals surface area contributed by atoms with Crippen molar-refractivity contribution in [2.45, 2.75) is 6.42 Å². The van der Waals surface area contributed by atoms with Gasteiger partial charge in [0.25, 0.3) is 11.5 Å². The Labute approximate surface area is 145 Å². The van der Waals surface area contributed by atoms with Crippen LogP contribution in [0.1, 0.15) is 22.5 Å².